The van der Waals surface area contributed by atoms with Gasteiger partial charge in [-0.15, -0.1) is 0 Å². The first-order valence-electron chi connectivity index (χ1n) is 6.40. The molecule has 2 aliphatic carbocycles. The van der Waals surface area contributed by atoms with E-state index in [0.29, 0.717) is 6.42 Å². The number of aliphatic hydroxyl groups is 1. The molecule has 4 heteroatoms. The molecule has 0 aromatic heterocycles. The van der Waals surface area contributed by atoms with Crippen LogP contribution in [0, 0.1) is 5.41 Å². The summed E-state index contributed by atoms with van der Waals surface area (Å²) in [5.41, 5.74) is 0.00801. The summed E-state index contributed by atoms with van der Waals surface area (Å²) in [4.78, 5) is 0. The van der Waals surface area contributed by atoms with Crippen LogP contribution in [0.4, 0.5) is 0 Å². The van der Waals surface area contributed by atoms with Gasteiger partial charge in [-0.05, 0) is 37.5 Å². The molecule has 16 heavy (non-hydrogen) atoms. The second-order valence-corrected chi connectivity index (χ2v) is 7.91. The van der Waals surface area contributed by atoms with Crippen LogP contribution in [0.15, 0.2) is 0 Å². The van der Waals surface area contributed by atoms with Crippen LogP contribution in [0.25, 0.3) is 0 Å². The Morgan fingerprint density at radius 2 is 1.88 bits per heavy atom. The molecule has 0 bridgehead atoms. The maximum atomic E-state index is 12.1. The molecule has 2 atom stereocenters. The molecule has 94 valence electrons. The smallest absolute Gasteiger partial charge is 0.153 e. The molecule has 2 unspecified atom stereocenters. The number of hydrogen-bond acceptors (Lipinski definition) is 3. The second kappa shape index (κ2) is 4.30. The third kappa shape index (κ3) is 2.02. The molecule has 0 radical (unpaired) electrons. The van der Waals surface area contributed by atoms with Gasteiger partial charge in [-0.25, -0.2) is 8.42 Å². The van der Waals surface area contributed by atoms with Crippen molar-refractivity contribution in [2.24, 2.45) is 5.41 Å². The van der Waals surface area contributed by atoms with E-state index in [9.17, 15) is 13.5 Å². The minimum absolute atomic E-state index is 0.00801. The van der Waals surface area contributed by atoms with Crippen LogP contribution >= 0.6 is 0 Å². The molecule has 0 aliphatic heterocycles. The lowest BCUT2D eigenvalue weighted by atomic mass is 9.71. The quantitative estimate of drug-likeness (QED) is 0.809. The third-order valence-electron chi connectivity index (χ3n) is 4.58. The van der Waals surface area contributed by atoms with Gasteiger partial charge in [0.15, 0.2) is 9.84 Å². The van der Waals surface area contributed by atoms with E-state index in [1.54, 1.807) is 6.92 Å². The fourth-order valence-corrected chi connectivity index (χ4v) is 5.64. The van der Waals surface area contributed by atoms with E-state index in [0.717, 1.165) is 38.5 Å². The Hall–Kier alpha value is -0.0900. The van der Waals surface area contributed by atoms with Crippen molar-refractivity contribution < 1.29 is 13.5 Å². The van der Waals surface area contributed by atoms with E-state index in [1.165, 1.54) is 0 Å². The third-order valence-corrected chi connectivity index (χ3v) is 6.94. The molecule has 1 spiro atoms. The van der Waals surface area contributed by atoms with Crippen molar-refractivity contribution in [2.75, 3.05) is 5.75 Å². The lowest BCUT2D eigenvalue weighted by Crippen LogP contribution is -2.46. The molecule has 3 nitrogen and oxygen atoms in total. The fourth-order valence-electron chi connectivity index (χ4n) is 3.61. The number of sulfone groups is 1. The molecule has 2 rings (SSSR count). The minimum atomic E-state index is -3.01. The van der Waals surface area contributed by atoms with Gasteiger partial charge < -0.3 is 5.11 Å². The van der Waals surface area contributed by atoms with Gasteiger partial charge in [0, 0.05) is 5.75 Å². The Labute approximate surface area is 98.2 Å². The zero-order chi connectivity index (χ0) is 11.8. The topological polar surface area (TPSA) is 54.4 Å². The first kappa shape index (κ1) is 12.4. The Bertz CT molecular complexity index is 341. The molecule has 0 amide bonds. The molecule has 2 saturated carbocycles. The van der Waals surface area contributed by atoms with Gasteiger partial charge in [0.2, 0.25) is 0 Å². The van der Waals surface area contributed by atoms with E-state index in [-0.39, 0.29) is 16.4 Å². The molecule has 0 heterocycles. The molecule has 2 aliphatic rings. The van der Waals surface area contributed by atoms with Gasteiger partial charge in [-0.3, -0.25) is 0 Å². The van der Waals surface area contributed by atoms with Gasteiger partial charge in [0.1, 0.15) is 0 Å². The standard InChI is InChI=1S/C12H22O3S/c1-2-16(14,15)11-9-10(13)5-8-12(11)6-3-4-7-12/h10-11,13H,2-9H2,1H3. The van der Waals surface area contributed by atoms with Gasteiger partial charge >= 0.3 is 0 Å². The fraction of sp³-hybridized carbons (Fsp3) is 1.00. The number of hydrogen-bond donors (Lipinski definition) is 1. The van der Waals surface area contributed by atoms with Gasteiger partial charge in [-0.2, -0.15) is 0 Å². The Kier molecular flexibility index (Phi) is 3.32. The summed E-state index contributed by atoms with van der Waals surface area (Å²) in [6.45, 7) is 1.72. The zero-order valence-electron chi connectivity index (χ0n) is 9.98. The lowest BCUT2D eigenvalue weighted by molar-refractivity contribution is 0.0689. The zero-order valence-corrected chi connectivity index (χ0v) is 10.8. The van der Waals surface area contributed by atoms with Crippen LogP contribution in [-0.4, -0.2) is 30.6 Å². The summed E-state index contributed by atoms with van der Waals surface area (Å²) in [5.74, 6) is 0.214. The highest BCUT2D eigenvalue weighted by molar-refractivity contribution is 7.92. The minimum Gasteiger partial charge on any atom is -0.393 e. The SMILES string of the molecule is CCS(=O)(=O)C1CC(O)CCC12CCCC2. The van der Waals surface area contributed by atoms with E-state index in [2.05, 4.69) is 0 Å². The molecule has 2 fully saturated rings. The van der Waals surface area contributed by atoms with E-state index >= 15 is 0 Å². The average Bonchev–Trinajstić information content (AvgIpc) is 2.71. The van der Waals surface area contributed by atoms with E-state index in [4.69, 9.17) is 0 Å². The van der Waals surface area contributed by atoms with Crippen LogP contribution in [0.5, 0.6) is 0 Å². The molecular weight excluding hydrogens is 224 g/mol. The first-order valence-corrected chi connectivity index (χ1v) is 8.11. The van der Waals surface area contributed by atoms with Crippen molar-refractivity contribution >= 4 is 9.84 Å². The first-order chi connectivity index (χ1) is 7.50. The van der Waals surface area contributed by atoms with Crippen LogP contribution in [-0.2, 0) is 9.84 Å². The van der Waals surface area contributed by atoms with Crippen molar-refractivity contribution in [3.05, 3.63) is 0 Å². The number of rotatable bonds is 2. The maximum Gasteiger partial charge on any atom is 0.153 e. The Morgan fingerprint density at radius 3 is 2.44 bits per heavy atom. The summed E-state index contributed by atoms with van der Waals surface area (Å²) in [6, 6.07) is 0. The molecule has 0 aromatic carbocycles. The van der Waals surface area contributed by atoms with Gasteiger partial charge in [-0.1, -0.05) is 19.8 Å². The van der Waals surface area contributed by atoms with Gasteiger partial charge in [0.05, 0.1) is 11.4 Å². The molecule has 1 N–H and O–H groups in total. The summed E-state index contributed by atoms with van der Waals surface area (Å²) in [7, 11) is -3.01. The highest BCUT2D eigenvalue weighted by atomic mass is 32.2. The highest BCUT2D eigenvalue weighted by Crippen LogP contribution is 2.51. The molecule has 0 aromatic rings. The predicted octanol–water partition coefficient (Wildman–Crippen LogP) is 1.89. The predicted molar refractivity (Wildman–Crippen MR) is 64.0 cm³/mol. The summed E-state index contributed by atoms with van der Waals surface area (Å²) in [6.07, 6.45) is 6.16. The Balaban J connectivity index is 2.29. The molecular formula is C12H22O3S. The largest absolute Gasteiger partial charge is 0.393 e. The number of aliphatic hydroxyl groups excluding tert-OH is 1. The Morgan fingerprint density at radius 1 is 1.25 bits per heavy atom. The van der Waals surface area contributed by atoms with Crippen LogP contribution in [0.1, 0.15) is 51.9 Å². The van der Waals surface area contributed by atoms with Crippen molar-refractivity contribution in [2.45, 2.75) is 63.2 Å². The van der Waals surface area contributed by atoms with E-state index < -0.39 is 15.9 Å². The molecule has 0 saturated heterocycles. The van der Waals surface area contributed by atoms with Crippen LogP contribution in [0.3, 0.4) is 0 Å². The van der Waals surface area contributed by atoms with Crippen molar-refractivity contribution in [3.63, 3.8) is 0 Å². The van der Waals surface area contributed by atoms with Crippen molar-refractivity contribution in [3.8, 4) is 0 Å². The van der Waals surface area contributed by atoms with Gasteiger partial charge in [0.25, 0.3) is 0 Å². The van der Waals surface area contributed by atoms with Crippen LogP contribution in [0.2, 0.25) is 0 Å². The maximum absolute atomic E-state index is 12.1. The summed E-state index contributed by atoms with van der Waals surface area (Å²) < 4.78 is 24.3. The average molecular weight is 246 g/mol. The highest BCUT2D eigenvalue weighted by Gasteiger charge is 2.49. The van der Waals surface area contributed by atoms with Crippen molar-refractivity contribution in [1.29, 1.82) is 0 Å². The second-order valence-electron chi connectivity index (χ2n) is 5.44. The van der Waals surface area contributed by atoms with E-state index in [1.807, 2.05) is 0 Å². The van der Waals surface area contributed by atoms with Crippen molar-refractivity contribution in [1.82, 2.24) is 0 Å². The monoisotopic (exact) mass is 246 g/mol. The lowest BCUT2D eigenvalue weighted by Gasteiger charge is -2.42. The summed E-state index contributed by atoms with van der Waals surface area (Å²) >= 11 is 0. The van der Waals surface area contributed by atoms with Crippen LogP contribution < -0.4 is 0 Å². The summed E-state index contributed by atoms with van der Waals surface area (Å²) in [5, 5.41) is 9.44. The normalized spacial score (nSPS) is 34.4.